The van der Waals surface area contributed by atoms with Crippen molar-refractivity contribution in [2.45, 2.75) is 4.90 Å². The van der Waals surface area contributed by atoms with Crippen molar-refractivity contribution in [3.05, 3.63) is 89.5 Å². The maximum absolute atomic E-state index is 13.1. The maximum atomic E-state index is 13.1. The Morgan fingerprint density at radius 3 is 2.12 bits per heavy atom. The van der Waals surface area contributed by atoms with Gasteiger partial charge in [0.1, 0.15) is 5.75 Å². The molecule has 0 aromatic heterocycles. The molecule has 0 atom stereocenters. The van der Waals surface area contributed by atoms with E-state index in [4.69, 9.17) is 9.47 Å². The number of methoxy groups -OCH3 is 1. The molecular weight excluding hydrogens is 460 g/mol. The number of carbonyl (C=O) groups excluding carboxylic acids is 3. The van der Waals surface area contributed by atoms with Gasteiger partial charge in [-0.3, -0.25) is 13.9 Å². The Hall–Kier alpha value is -4.18. The molecule has 3 aromatic carbocycles. The number of imide groups is 1. The van der Waals surface area contributed by atoms with E-state index in [1.165, 1.54) is 50.6 Å². The normalized spacial score (nSPS) is 12.9. The first-order chi connectivity index (χ1) is 16.2. The van der Waals surface area contributed by atoms with Crippen LogP contribution in [0.2, 0.25) is 0 Å². The molecule has 2 amide bonds. The highest BCUT2D eigenvalue weighted by molar-refractivity contribution is 7.92. The monoisotopic (exact) mass is 480 g/mol. The number of ether oxygens (including phenoxy) is 2. The third-order valence-electron chi connectivity index (χ3n) is 5.37. The molecule has 10 heteroatoms. The summed E-state index contributed by atoms with van der Waals surface area (Å²) in [7, 11) is -1.08. The lowest BCUT2D eigenvalue weighted by atomic mass is 10.1. The van der Waals surface area contributed by atoms with Crippen LogP contribution in [0.15, 0.2) is 77.7 Å². The van der Waals surface area contributed by atoms with Gasteiger partial charge in [-0.25, -0.2) is 18.1 Å². The van der Waals surface area contributed by atoms with Gasteiger partial charge in [0.15, 0.2) is 6.73 Å². The van der Waals surface area contributed by atoms with Crippen LogP contribution < -0.4 is 9.04 Å². The fraction of sp³-hybridized carbons (Fsp3) is 0.125. The molecule has 1 aliphatic rings. The van der Waals surface area contributed by atoms with E-state index in [1.54, 1.807) is 36.4 Å². The molecule has 0 unspecified atom stereocenters. The second-order valence-corrected chi connectivity index (χ2v) is 9.31. The molecule has 0 spiro atoms. The van der Waals surface area contributed by atoms with E-state index >= 15 is 0 Å². The number of anilines is 1. The van der Waals surface area contributed by atoms with Crippen LogP contribution in [0, 0.1) is 0 Å². The molecule has 0 bridgehead atoms. The summed E-state index contributed by atoms with van der Waals surface area (Å²) >= 11 is 0. The Balaban J connectivity index is 1.49. The zero-order valence-corrected chi connectivity index (χ0v) is 19.1. The minimum atomic E-state index is -3.99. The van der Waals surface area contributed by atoms with Crippen LogP contribution in [-0.2, 0) is 14.8 Å². The maximum Gasteiger partial charge on any atom is 0.339 e. The molecule has 4 rings (SSSR count). The summed E-state index contributed by atoms with van der Waals surface area (Å²) in [6.07, 6.45) is 0. The predicted molar refractivity (Wildman–Crippen MR) is 122 cm³/mol. The van der Waals surface area contributed by atoms with E-state index in [-0.39, 0.29) is 21.6 Å². The summed E-state index contributed by atoms with van der Waals surface area (Å²) in [5.41, 5.74) is 0.830. The summed E-state index contributed by atoms with van der Waals surface area (Å²) in [5.74, 6) is -1.42. The summed E-state index contributed by atoms with van der Waals surface area (Å²) in [6.45, 7) is -0.589. The molecule has 0 saturated carbocycles. The van der Waals surface area contributed by atoms with Crippen LogP contribution >= 0.6 is 0 Å². The van der Waals surface area contributed by atoms with Crippen molar-refractivity contribution in [2.24, 2.45) is 0 Å². The van der Waals surface area contributed by atoms with Gasteiger partial charge in [0.2, 0.25) is 0 Å². The first-order valence-corrected chi connectivity index (χ1v) is 11.5. The highest BCUT2D eigenvalue weighted by Crippen LogP contribution is 2.25. The van der Waals surface area contributed by atoms with Gasteiger partial charge in [-0.05, 0) is 54.6 Å². The Kier molecular flexibility index (Phi) is 6.08. The fourth-order valence-corrected chi connectivity index (χ4v) is 4.68. The average Bonchev–Trinajstić information content (AvgIpc) is 3.11. The third-order valence-corrected chi connectivity index (χ3v) is 7.15. The van der Waals surface area contributed by atoms with E-state index in [1.807, 2.05) is 0 Å². The van der Waals surface area contributed by atoms with Crippen molar-refractivity contribution >= 4 is 33.5 Å². The van der Waals surface area contributed by atoms with Crippen LogP contribution in [0.1, 0.15) is 31.1 Å². The minimum absolute atomic E-state index is 0.0409. The van der Waals surface area contributed by atoms with Gasteiger partial charge in [-0.15, -0.1) is 0 Å². The number of carbonyl (C=O) groups is 3. The second-order valence-electron chi connectivity index (χ2n) is 7.34. The van der Waals surface area contributed by atoms with Gasteiger partial charge < -0.3 is 9.47 Å². The molecule has 0 radical (unpaired) electrons. The highest BCUT2D eigenvalue weighted by Gasteiger charge is 2.36. The molecule has 1 aliphatic heterocycles. The van der Waals surface area contributed by atoms with Gasteiger partial charge >= 0.3 is 5.97 Å². The molecule has 3 aromatic rings. The largest absolute Gasteiger partial charge is 0.497 e. The number of fused-ring (bicyclic) bond motifs is 1. The van der Waals surface area contributed by atoms with Crippen LogP contribution in [-0.4, -0.2) is 52.0 Å². The van der Waals surface area contributed by atoms with Crippen LogP contribution in [0.25, 0.3) is 0 Å². The SMILES string of the molecule is COc1ccc(N(C)S(=O)(=O)c2cccc(C(=O)OCN3C(=O)c4ccccc4C3=O)c2)cc1. The number of sulfonamides is 1. The lowest BCUT2D eigenvalue weighted by Crippen LogP contribution is -2.33. The van der Waals surface area contributed by atoms with Gasteiger partial charge in [0.25, 0.3) is 21.8 Å². The molecule has 34 heavy (non-hydrogen) atoms. The van der Waals surface area contributed by atoms with E-state index in [9.17, 15) is 22.8 Å². The molecule has 0 aliphatic carbocycles. The van der Waals surface area contributed by atoms with Crippen LogP contribution in [0.5, 0.6) is 5.75 Å². The van der Waals surface area contributed by atoms with E-state index < -0.39 is 34.5 Å². The van der Waals surface area contributed by atoms with Crippen LogP contribution in [0.4, 0.5) is 5.69 Å². The van der Waals surface area contributed by atoms with Crippen LogP contribution in [0.3, 0.4) is 0 Å². The Morgan fingerprint density at radius 2 is 1.53 bits per heavy atom. The van der Waals surface area contributed by atoms with Crippen molar-refractivity contribution in [2.75, 3.05) is 25.2 Å². The third kappa shape index (κ3) is 4.11. The Morgan fingerprint density at radius 1 is 0.912 bits per heavy atom. The lowest BCUT2D eigenvalue weighted by Gasteiger charge is -2.20. The number of benzene rings is 3. The number of nitrogens with zero attached hydrogens (tertiary/aromatic N) is 2. The zero-order chi connectivity index (χ0) is 24.5. The number of hydrogen-bond donors (Lipinski definition) is 0. The Bertz CT molecular complexity index is 1350. The Labute approximate surface area is 196 Å². The number of esters is 1. The molecule has 174 valence electrons. The number of rotatable bonds is 7. The first-order valence-electron chi connectivity index (χ1n) is 10.1. The van der Waals surface area contributed by atoms with Crippen molar-refractivity contribution in [3.63, 3.8) is 0 Å². The molecular formula is C24H20N2O7S. The van der Waals surface area contributed by atoms with Gasteiger partial charge in [0.05, 0.1) is 34.4 Å². The molecule has 0 saturated heterocycles. The topological polar surface area (TPSA) is 110 Å². The van der Waals surface area contributed by atoms with Crippen molar-refractivity contribution in [1.29, 1.82) is 0 Å². The standard InChI is InChI=1S/C24H20N2O7S/c1-25(17-10-12-18(32-2)13-11-17)34(30,31)19-7-5-6-16(14-19)24(29)33-15-26-22(27)20-8-3-4-9-21(20)23(26)28/h3-14H,15H2,1-2H3. The van der Waals surface area contributed by atoms with E-state index in [2.05, 4.69) is 0 Å². The summed E-state index contributed by atoms with van der Waals surface area (Å²) < 4.78 is 37.5. The first kappa shape index (κ1) is 23.0. The zero-order valence-electron chi connectivity index (χ0n) is 18.3. The van der Waals surface area contributed by atoms with E-state index in [0.29, 0.717) is 11.4 Å². The number of hydrogen-bond acceptors (Lipinski definition) is 7. The molecule has 9 nitrogen and oxygen atoms in total. The molecule has 0 N–H and O–H groups in total. The highest BCUT2D eigenvalue weighted by atomic mass is 32.2. The molecule has 1 heterocycles. The van der Waals surface area contributed by atoms with Gasteiger partial charge in [-0.2, -0.15) is 0 Å². The van der Waals surface area contributed by atoms with Gasteiger partial charge in [-0.1, -0.05) is 18.2 Å². The second kappa shape index (κ2) is 8.99. The smallest absolute Gasteiger partial charge is 0.339 e. The van der Waals surface area contributed by atoms with Gasteiger partial charge in [0, 0.05) is 7.05 Å². The van der Waals surface area contributed by atoms with Crippen molar-refractivity contribution in [3.8, 4) is 5.75 Å². The average molecular weight is 480 g/mol. The van der Waals surface area contributed by atoms with Crippen molar-refractivity contribution < 1.29 is 32.3 Å². The quantitative estimate of drug-likeness (QED) is 0.378. The summed E-state index contributed by atoms with van der Waals surface area (Å²) in [6, 6.07) is 18.1. The van der Waals surface area contributed by atoms with E-state index in [0.717, 1.165) is 9.21 Å². The summed E-state index contributed by atoms with van der Waals surface area (Å²) in [4.78, 5) is 38.1. The fourth-order valence-electron chi connectivity index (χ4n) is 3.44. The number of amides is 2. The lowest BCUT2D eigenvalue weighted by molar-refractivity contribution is 0.0228. The minimum Gasteiger partial charge on any atom is -0.497 e. The van der Waals surface area contributed by atoms with Crippen molar-refractivity contribution in [1.82, 2.24) is 4.90 Å². The summed E-state index contributed by atoms with van der Waals surface area (Å²) in [5, 5.41) is 0. The predicted octanol–water partition coefficient (Wildman–Crippen LogP) is 2.93. The molecule has 0 fully saturated rings.